The smallest absolute Gasteiger partial charge is 0.255 e. The molecular formula is C15H25N3O. The zero-order valence-electron chi connectivity index (χ0n) is 12.5. The van der Waals surface area contributed by atoms with Gasteiger partial charge in [0, 0.05) is 50.4 Å². The van der Waals surface area contributed by atoms with Gasteiger partial charge >= 0.3 is 0 Å². The minimum Gasteiger partial charge on any atom is -0.315 e. The Balaban J connectivity index is 2.32. The highest BCUT2D eigenvalue weighted by molar-refractivity contribution is 5.28. The Morgan fingerprint density at radius 2 is 2.16 bits per heavy atom. The molecular weight excluding hydrogens is 238 g/mol. The molecule has 0 bridgehead atoms. The molecule has 4 nitrogen and oxygen atoms in total. The normalized spacial score (nSPS) is 15.8. The monoisotopic (exact) mass is 263 g/mol. The summed E-state index contributed by atoms with van der Waals surface area (Å²) in [5.74, 6) is 0. The van der Waals surface area contributed by atoms with E-state index in [1.54, 1.807) is 0 Å². The molecule has 2 rings (SSSR count). The van der Waals surface area contributed by atoms with Crippen molar-refractivity contribution in [1.29, 1.82) is 0 Å². The first-order chi connectivity index (χ1) is 9.02. The molecule has 0 fully saturated rings. The van der Waals surface area contributed by atoms with Gasteiger partial charge in [-0.05, 0) is 18.2 Å². The number of hydrogen-bond acceptors (Lipinski definition) is 3. The molecule has 0 saturated carbocycles. The second-order valence-corrected chi connectivity index (χ2v) is 5.66. The average molecular weight is 263 g/mol. The van der Waals surface area contributed by atoms with Crippen molar-refractivity contribution in [3.05, 3.63) is 33.2 Å². The fraction of sp³-hybridized carbons (Fsp3) is 0.667. The third-order valence-corrected chi connectivity index (χ3v) is 3.91. The molecule has 1 aromatic heterocycles. The maximum absolute atomic E-state index is 12.3. The quantitative estimate of drug-likeness (QED) is 0.888. The van der Waals surface area contributed by atoms with Gasteiger partial charge in [0.15, 0.2) is 0 Å². The van der Waals surface area contributed by atoms with Crippen LogP contribution < -0.4 is 10.9 Å². The van der Waals surface area contributed by atoms with Gasteiger partial charge in [-0.25, -0.2) is 0 Å². The third-order valence-electron chi connectivity index (χ3n) is 3.91. The van der Waals surface area contributed by atoms with Crippen LogP contribution in [0, 0.1) is 0 Å². The summed E-state index contributed by atoms with van der Waals surface area (Å²) >= 11 is 0. The second-order valence-electron chi connectivity index (χ2n) is 5.66. The number of likely N-dealkylation sites (N-methyl/N-ethyl adjacent to an activating group) is 1. The van der Waals surface area contributed by atoms with Gasteiger partial charge in [-0.1, -0.05) is 20.8 Å². The van der Waals surface area contributed by atoms with Gasteiger partial charge in [0.05, 0.1) is 0 Å². The highest BCUT2D eigenvalue weighted by Gasteiger charge is 2.19. The molecule has 0 aliphatic carbocycles. The number of rotatable bonds is 4. The lowest BCUT2D eigenvalue weighted by Gasteiger charge is -2.29. The Kier molecular flexibility index (Phi) is 4.42. The maximum Gasteiger partial charge on any atom is 0.255 e. The molecule has 0 saturated heterocycles. The minimum absolute atomic E-state index is 0.150. The van der Waals surface area contributed by atoms with Gasteiger partial charge in [-0.3, -0.25) is 9.69 Å². The number of fused-ring (bicyclic) bond motifs is 1. The van der Waals surface area contributed by atoms with Crippen molar-refractivity contribution in [2.45, 2.75) is 46.3 Å². The summed E-state index contributed by atoms with van der Waals surface area (Å²) in [6.45, 7) is 10.1. The number of hydrogen-bond donors (Lipinski definition) is 1. The van der Waals surface area contributed by atoms with Crippen molar-refractivity contribution < 1.29 is 0 Å². The van der Waals surface area contributed by atoms with Crippen LogP contribution in [0.4, 0.5) is 0 Å². The van der Waals surface area contributed by atoms with Crippen molar-refractivity contribution in [2.75, 3.05) is 13.1 Å². The molecule has 1 aromatic rings. The van der Waals surface area contributed by atoms with Gasteiger partial charge < -0.3 is 9.88 Å². The van der Waals surface area contributed by atoms with E-state index in [1.807, 2.05) is 11.6 Å². The molecule has 0 amide bonds. The second kappa shape index (κ2) is 5.88. The van der Waals surface area contributed by atoms with Gasteiger partial charge in [-0.15, -0.1) is 0 Å². The van der Waals surface area contributed by atoms with Crippen LogP contribution in [0.1, 0.15) is 37.6 Å². The predicted octanol–water partition coefficient (Wildman–Crippen LogP) is 1.26. The summed E-state index contributed by atoms with van der Waals surface area (Å²) in [6, 6.07) is 2.50. The highest BCUT2D eigenvalue weighted by atomic mass is 16.1. The Hall–Kier alpha value is -1.13. The van der Waals surface area contributed by atoms with Crippen molar-refractivity contribution in [3.8, 4) is 0 Å². The van der Waals surface area contributed by atoms with E-state index in [2.05, 4.69) is 37.1 Å². The third kappa shape index (κ3) is 3.07. The maximum atomic E-state index is 12.3. The molecule has 1 N–H and O–H groups in total. The molecule has 0 atom stereocenters. The van der Waals surface area contributed by atoms with Gasteiger partial charge in [0.1, 0.15) is 0 Å². The average Bonchev–Trinajstić information content (AvgIpc) is 2.40. The van der Waals surface area contributed by atoms with Crippen LogP contribution in [0.3, 0.4) is 0 Å². The number of nitrogens with zero attached hydrogens (tertiary/aromatic N) is 2. The Labute approximate surface area is 115 Å². The van der Waals surface area contributed by atoms with E-state index in [0.717, 1.165) is 31.6 Å². The van der Waals surface area contributed by atoms with Gasteiger partial charge in [-0.2, -0.15) is 0 Å². The van der Waals surface area contributed by atoms with Crippen LogP contribution in [-0.4, -0.2) is 28.6 Å². The van der Waals surface area contributed by atoms with Crippen LogP contribution >= 0.6 is 0 Å². The molecule has 2 heterocycles. The van der Waals surface area contributed by atoms with Crippen molar-refractivity contribution in [2.24, 2.45) is 7.05 Å². The Morgan fingerprint density at radius 1 is 1.42 bits per heavy atom. The summed E-state index contributed by atoms with van der Waals surface area (Å²) in [5, 5.41) is 3.33. The molecule has 19 heavy (non-hydrogen) atoms. The van der Waals surface area contributed by atoms with Crippen LogP contribution in [0.25, 0.3) is 0 Å². The standard InChI is InChI=1S/C15H25N3O/c1-5-18-7-6-14-13(10-18)8-12(9-16-11(2)3)15(19)17(14)4/h8,11,16H,5-7,9-10H2,1-4H3. The molecule has 0 spiro atoms. The Bertz CT molecular complexity index is 505. The topological polar surface area (TPSA) is 37.3 Å². The molecule has 0 aromatic carbocycles. The van der Waals surface area contributed by atoms with Gasteiger partial charge in [0.25, 0.3) is 5.56 Å². The number of pyridine rings is 1. The van der Waals surface area contributed by atoms with E-state index in [9.17, 15) is 4.79 Å². The fourth-order valence-electron chi connectivity index (χ4n) is 2.67. The number of nitrogens with one attached hydrogen (secondary N) is 1. The lowest BCUT2D eigenvalue weighted by atomic mass is 10.0. The summed E-state index contributed by atoms with van der Waals surface area (Å²) in [6.07, 6.45) is 0.979. The first-order valence-corrected chi connectivity index (χ1v) is 7.19. The van der Waals surface area contributed by atoms with E-state index in [0.29, 0.717) is 12.6 Å². The van der Waals surface area contributed by atoms with Crippen LogP contribution in [0.2, 0.25) is 0 Å². The minimum atomic E-state index is 0.150. The molecule has 0 radical (unpaired) electrons. The van der Waals surface area contributed by atoms with E-state index >= 15 is 0 Å². The Morgan fingerprint density at radius 3 is 2.79 bits per heavy atom. The fourth-order valence-corrected chi connectivity index (χ4v) is 2.67. The highest BCUT2D eigenvalue weighted by Crippen LogP contribution is 2.17. The summed E-state index contributed by atoms with van der Waals surface area (Å²) in [7, 11) is 1.90. The summed E-state index contributed by atoms with van der Waals surface area (Å²) in [5.41, 5.74) is 3.56. The zero-order chi connectivity index (χ0) is 14.0. The molecule has 1 aliphatic heterocycles. The van der Waals surface area contributed by atoms with E-state index in [1.165, 1.54) is 11.3 Å². The molecule has 0 unspecified atom stereocenters. The van der Waals surface area contributed by atoms with Crippen LogP contribution in [-0.2, 0) is 26.6 Å². The molecule has 1 aliphatic rings. The van der Waals surface area contributed by atoms with Crippen molar-refractivity contribution >= 4 is 0 Å². The first-order valence-electron chi connectivity index (χ1n) is 7.19. The predicted molar refractivity (Wildman–Crippen MR) is 78.3 cm³/mol. The van der Waals surface area contributed by atoms with Crippen molar-refractivity contribution in [1.82, 2.24) is 14.8 Å². The largest absolute Gasteiger partial charge is 0.315 e. The van der Waals surface area contributed by atoms with E-state index in [4.69, 9.17) is 0 Å². The first kappa shape index (κ1) is 14.3. The van der Waals surface area contributed by atoms with Crippen molar-refractivity contribution in [3.63, 3.8) is 0 Å². The van der Waals surface area contributed by atoms with E-state index < -0.39 is 0 Å². The SMILES string of the molecule is CCN1CCc2c(cc(CNC(C)C)c(=O)n2C)C1. The van der Waals surface area contributed by atoms with Gasteiger partial charge in [0.2, 0.25) is 0 Å². The number of aromatic nitrogens is 1. The van der Waals surface area contributed by atoms with Crippen LogP contribution in [0.15, 0.2) is 10.9 Å². The van der Waals surface area contributed by atoms with E-state index in [-0.39, 0.29) is 5.56 Å². The lowest BCUT2D eigenvalue weighted by Crippen LogP contribution is -2.37. The summed E-state index contributed by atoms with van der Waals surface area (Å²) < 4.78 is 1.85. The molecule has 106 valence electrons. The zero-order valence-corrected chi connectivity index (χ0v) is 12.5. The summed E-state index contributed by atoms with van der Waals surface area (Å²) in [4.78, 5) is 14.7. The molecule has 4 heteroatoms. The lowest BCUT2D eigenvalue weighted by molar-refractivity contribution is 0.262. The van der Waals surface area contributed by atoms with Crippen LogP contribution in [0.5, 0.6) is 0 Å².